The second kappa shape index (κ2) is 9.10. The summed E-state index contributed by atoms with van der Waals surface area (Å²) in [7, 11) is 0. The van der Waals surface area contributed by atoms with Gasteiger partial charge in [0.2, 0.25) is 0 Å². The molecule has 0 aliphatic rings. The number of Topliss-reactive ketones (excluding diaryl/α,β-unsaturated/α-hetero) is 1. The van der Waals surface area contributed by atoms with E-state index in [2.05, 4.69) is 0 Å². The molecule has 0 saturated heterocycles. The summed E-state index contributed by atoms with van der Waals surface area (Å²) in [6.07, 6.45) is 7.09. The van der Waals surface area contributed by atoms with Crippen molar-refractivity contribution in [2.24, 2.45) is 0 Å². The number of carbonyl (C=O) groups excluding carboxylic acids is 3. The van der Waals surface area contributed by atoms with Gasteiger partial charge in [0.15, 0.2) is 12.1 Å². The molecule has 0 rings (SSSR count). The summed E-state index contributed by atoms with van der Waals surface area (Å²) < 4.78 is 0. The summed E-state index contributed by atoms with van der Waals surface area (Å²) in [5.41, 5.74) is 0. The Labute approximate surface area is 78.5 Å². The lowest BCUT2D eigenvalue weighted by atomic mass is 10.1. The zero-order valence-electron chi connectivity index (χ0n) is 7.83. The molecule has 13 heavy (non-hydrogen) atoms. The molecule has 3 heteroatoms. The number of rotatable bonds is 9. The Bertz CT molecular complexity index is 164. The lowest BCUT2D eigenvalue weighted by Gasteiger charge is -1.97. The van der Waals surface area contributed by atoms with Gasteiger partial charge in [0.25, 0.3) is 0 Å². The van der Waals surface area contributed by atoms with Gasteiger partial charge in [0.1, 0.15) is 6.29 Å². The summed E-state index contributed by atoms with van der Waals surface area (Å²) in [6.45, 7) is 0. The summed E-state index contributed by atoms with van der Waals surface area (Å²) >= 11 is 0. The molecule has 0 aromatic carbocycles. The van der Waals surface area contributed by atoms with E-state index in [9.17, 15) is 14.4 Å². The van der Waals surface area contributed by atoms with Gasteiger partial charge in [0, 0.05) is 12.8 Å². The van der Waals surface area contributed by atoms with Crippen LogP contribution in [0.25, 0.3) is 0 Å². The molecule has 74 valence electrons. The monoisotopic (exact) mass is 184 g/mol. The lowest BCUT2D eigenvalue weighted by Crippen LogP contribution is -1.97. The van der Waals surface area contributed by atoms with E-state index in [0.717, 1.165) is 38.4 Å². The van der Waals surface area contributed by atoms with Crippen molar-refractivity contribution in [3.63, 3.8) is 0 Å². The SMILES string of the molecule is O=CCCCCCCCC(=O)C=O. The molecule has 3 nitrogen and oxygen atoms in total. The fourth-order valence-electron chi connectivity index (χ4n) is 1.12. The van der Waals surface area contributed by atoms with Crippen molar-refractivity contribution in [3.8, 4) is 0 Å². The summed E-state index contributed by atoms with van der Waals surface area (Å²) in [5.74, 6) is -0.312. The van der Waals surface area contributed by atoms with Crippen molar-refractivity contribution in [3.05, 3.63) is 0 Å². The number of hydrogen-bond donors (Lipinski definition) is 0. The Morgan fingerprint density at radius 1 is 0.923 bits per heavy atom. The van der Waals surface area contributed by atoms with Crippen LogP contribution >= 0.6 is 0 Å². The van der Waals surface area contributed by atoms with E-state index in [1.807, 2.05) is 0 Å². The largest absolute Gasteiger partial charge is 0.303 e. The van der Waals surface area contributed by atoms with Gasteiger partial charge in [-0.25, -0.2) is 0 Å². The van der Waals surface area contributed by atoms with Crippen LogP contribution in [0.3, 0.4) is 0 Å². The lowest BCUT2D eigenvalue weighted by molar-refractivity contribution is -0.129. The predicted molar refractivity (Wildman–Crippen MR) is 49.5 cm³/mol. The van der Waals surface area contributed by atoms with Crippen LogP contribution in [0.2, 0.25) is 0 Å². The summed E-state index contributed by atoms with van der Waals surface area (Å²) in [4.78, 5) is 30.4. The fraction of sp³-hybridized carbons (Fsp3) is 0.700. The molecule has 0 amide bonds. The van der Waals surface area contributed by atoms with Crippen LogP contribution in [-0.4, -0.2) is 18.4 Å². The van der Waals surface area contributed by atoms with Gasteiger partial charge in [-0.05, 0) is 12.8 Å². The molecule has 0 aromatic rings. The van der Waals surface area contributed by atoms with Crippen molar-refractivity contribution in [1.82, 2.24) is 0 Å². The first-order chi connectivity index (χ1) is 6.31. The van der Waals surface area contributed by atoms with Gasteiger partial charge < -0.3 is 4.79 Å². The molecule has 0 aromatic heterocycles. The van der Waals surface area contributed by atoms with Crippen LogP contribution in [0, 0.1) is 0 Å². The Hall–Kier alpha value is -0.990. The van der Waals surface area contributed by atoms with Crippen LogP contribution in [0.1, 0.15) is 44.9 Å². The van der Waals surface area contributed by atoms with Crippen molar-refractivity contribution in [2.75, 3.05) is 0 Å². The molecular weight excluding hydrogens is 168 g/mol. The molecule has 0 saturated carbocycles. The molecule has 0 unspecified atom stereocenters. The van der Waals surface area contributed by atoms with Gasteiger partial charge in [-0.3, -0.25) is 9.59 Å². The quantitative estimate of drug-likeness (QED) is 0.311. The first-order valence-corrected chi connectivity index (χ1v) is 4.73. The number of ketones is 1. The van der Waals surface area contributed by atoms with Gasteiger partial charge in [0.05, 0.1) is 0 Å². The number of aldehydes is 2. The molecular formula is C10H16O3. The average Bonchev–Trinajstić information content (AvgIpc) is 2.16. The van der Waals surface area contributed by atoms with E-state index in [1.165, 1.54) is 0 Å². The maximum atomic E-state index is 10.5. The van der Waals surface area contributed by atoms with Gasteiger partial charge in [-0.15, -0.1) is 0 Å². The molecule has 0 N–H and O–H groups in total. The van der Waals surface area contributed by atoms with Crippen LogP contribution in [0.4, 0.5) is 0 Å². The standard InChI is InChI=1S/C10H16O3/c11-8-6-4-2-1-3-5-7-10(13)9-12/h8-9H,1-7H2. The minimum Gasteiger partial charge on any atom is -0.303 e. The number of unbranched alkanes of at least 4 members (excludes halogenated alkanes) is 5. The second-order valence-corrected chi connectivity index (χ2v) is 3.06. The topological polar surface area (TPSA) is 51.2 Å². The zero-order chi connectivity index (χ0) is 9.94. The smallest absolute Gasteiger partial charge is 0.195 e. The van der Waals surface area contributed by atoms with Gasteiger partial charge in [-0.2, -0.15) is 0 Å². The Morgan fingerprint density at radius 2 is 1.54 bits per heavy atom. The van der Waals surface area contributed by atoms with E-state index in [1.54, 1.807) is 0 Å². The molecule has 0 aliphatic heterocycles. The van der Waals surface area contributed by atoms with Gasteiger partial charge in [-0.1, -0.05) is 19.3 Å². The Kier molecular flexibility index (Phi) is 8.41. The normalized spacial score (nSPS) is 9.54. The molecule has 0 bridgehead atoms. The average molecular weight is 184 g/mol. The molecule has 0 fully saturated rings. The van der Waals surface area contributed by atoms with Crippen molar-refractivity contribution in [1.29, 1.82) is 0 Å². The van der Waals surface area contributed by atoms with E-state index in [4.69, 9.17) is 0 Å². The van der Waals surface area contributed by atoms with E-state index >= 15 is 0 Å². The molecule has 0 radical (unpaired) electrons. The number of hydrogen-bond acceptors (Lipinski definition) is 3. The molecule has 0 aliphatic carbocycles. The van der Waals surface area contributed by atoms with Crippen LogP contribution in [-0.2, 0) is 14.4 Å². The maximum Gasteiger partial charge on any atom is 0.195 e. The fourth-order valence-corrected chi connectivity index (χ4v) is 1.12. The highest BCUT2D eigenvalue weighted by atomic mass is 16.2. The Morgan fingerprint density at radius 3 is 2.15 bits per heavy atom. The van der Waals surface area contributed by atoms with E-state index in [-0.39, 0.29) is 5.78 Å². The van der Waals surface area contributed by atoms with E-state index < -0.39 is 0 Å². The van der Waals surface area contributed by atoms with E-state index in [0.29, 0.717) is 19.1 Å². The summed E-state index contributed by atoms with van der Waals surface area (Å²) in [6, 6.07) is 0. The first-order valence-electron chi connectivity index (χ1n) is 4.73. The van der Waals surface area contributed by atoms with Gasteiger partial charge >= 0.3 is 0 Å². The van der Waals surface area contributed by atoms with Crippen LogP contribution in [0.5, 0.6) is 0 Å². The van der Waals surface area contributed by atoms with Crippen molar-refractivity contribution < 1.29 is 14.4 Å². The highest BCUT2D eigenvalue weighted by Gasteiger charge is 1.97. The number of carbonyl (C=O) groups is 3. The third-order valence-corrected chi connectivity index (χ3v) is 1.88. The third kappa shape index (κ3) is 8.92. The first kappa shape index (κ1) is 12.0. The van der Waals surface area contributed by atoms with Crippen LogP contribution in [0.15, 0.2) is 0 Å². The predicted octanol–water partition coefficient (Wildman–Crippen LogP) is 1.68. The maximum absolute atomic E-state index is 10.5. The zero-order valence-corrected chi connectivity index (χ0v) is 7.83. The molecule has 0 heterocycles. The molecule has 0 atom stereocenters. The molecule has 0 spiro atoms. The van der Waals surface area contributed by atoms with Crippen molar-refractivity contribution in [2.45, 2.75) is 44.9 Å². The highest BCUT2D eigenvalue weighted by Crippen LogP contribution is 2.06. The van der Waals surface area contributed by atoms with Crippen LogP contribution < -0.4 is 0 Å². The minimum atomic E-state index is -0.312. The highest BCUT2D eigenvalue weighted by molar-refractivity contribution is 6.24. The third-order valence-electron chi connectivity index (χ3n) is 1.88. The minimum absolute atomic E-state index is 0.312. The Balaban J connectivity index is 3.03. The second-order valence-electron chi connectivity index (χ2n) is 3.06. The summed E-state index contributed by atoms with van der Waals surface area (Å²) in [5, 5.41) is 0. The van der Waals surface area contributed by atoms with Crippen molar-refractivity contribution >= 4 is 18.4 Å².